The summed E-state index contributed by atoms with van der Waals surface area (Å²) in [6, 6.07) is 8.20. The van der Waals surface area contributed by atoms with E-state index in [9.17, 15) is 9.59 Å². The molecule has 0 spiro atoms. The Balaban J connectivity index is 2.33. The summed E-state index contributed by atoms with van der Waals surface area (Å²) in [5.74, 6) is 0. The van der Waals surface area contributed by atoms with Crippen molar-refractivity contribution >= 4 is 12.2 Å². The lowest BCUT2D eigenvalue weighted by molar-refractivity contribution is -0.0758. The molecule has 0 radical (unpaired) electrons. The minimum Gasteiger partial charge on any atom is -0.428 e. The zero-order chi connectivity index (χ0) is 12.0. The van der Waals surface area contributed by atoms with Crippen molar-refractivity contribution < 1.29 is 19.2 Å². The fourth-order valence-corrected chi connectivity index (χ4v) is 0.900. The third-order valence-corrected chi connectivity index (χ3v) is 1.72. The molecule has 0 saturated heterocycles. The fraction of sp³-hybridized carbons (Fsp3) is 0.200. The van der Waals surface area contributed by atoms with Crippen LogP contribution in [0.25, 0.3) is 0 Å². The lowest BCUT2D eigenvalue weighted by atomic mass is 10.2. The number of ether oxygens (including phenoxy) is 1. The maximum atomic E-state index is 11.0. The molecule has 0 unspecified atom stereocenters. The number of urea groups is 1. The SMILES string of the molecule is CN(OC(=O)OCc1ccccc1)C(N)=O. The standard InChI is InChI=1S/C10H12N2O4/c1-12(9(11)13)16-10(14)15-7-8-5-3-2-4-6-8/h2-6H,7H2,1H3,(H2,11,13). The quantitative estimate of drug-likeness (QED) is 0.605. The number of nitrogens with two attached hydrogens (primary N) is 1. The molecule has 0 aliphatic carbocycles. The Morgan fingerprint density at radius 3 is 2.50 bits per heavy atom. The summed E-state index contributed by atoms with van der Waals surface area (Å²) in [4.78, 5) is 26.0. The van der Waals surface area contributed by atoms with Crippen molar-refractivity contribution in [2.24, 2.45) is 5.73 Å². The minimum atomic E-state index is -0.981. The van der Waals surface area contributed by atoms with Gasteiger partial charge in [-0.2, -0.15) is 5.06 Å². The number of carbonyl (C=O) groups is 2. The molecule has 0 aliphatic rings. The molecule has 0 fully saturated rings. The van der Waals surface area contributed by atoms with Gasteiger partial charge in [-0.1, -0.05) is 30.3 Å². The number of hydrogen-bond donors (Lipinski definition) is 1. The summed E-state index contributed by atoms with van der Waals surface area (Å²) in [6.07, 6.45) is -0.981. The third-order valence-electron chi connectivity index (χ3n) is 1.72. The predicted molar refractivity (Wildman–Crippen MR) is 55.1 cm³/mol. The first-order valence-electron chi connectivity index (χ1n) is 4.51. The molecular formula is C10H12N2O4. The van der Waals surface area contributed by atoms with E-state index in [1.165, 1.54) is 7.05 Å². The van der Waals surface area contributed by atoms with Gasteiger partial charge in [0.2, 0.25) is 0 Å². The molecule has 2 N–H and O–H groups in total. The van der Waals surface area contributed by atoms with Crippen LogP contribution in [0.2, 0.25) is 0 Å². The predicted octanol–water partition coefficient (Wildman–Crippen LogP) is 1.27. The first kappa shape index (κ1) is 11.8. The van der Waals surface area contributed by atoms with Gasteiger partial charge in [-0.05, 0) is 5.56 Å². The van der Waals surface area contributed by atoms with E-state index >= 15 is 0 Å². The zero-order valence-corrected chi connectivity index (χ0v) is 8.75. The van der Waals surface area contributed by atoms with E-state index < -0.39 is 12.2 Å². The number of hydroxylamine groups is 2. The largest absolute Gasteiger partial charge is 0.533 e. The van der Waals surface area contributed by atoms with E-state index in [1.807, 2.05) is 18.2 Å². The van der Waals surface area contributed by atoms with Crippen molar-refractivity contribution in [1.82, 2.24) is 5.06 Å². The van der Waals surface area contributed by atoms with Gasteiger partial charge in [0, 0.05) is 0 Å². The second kappa shape index (κ2) is 5.59. The van der Waals surface area contributed by atoms with E-state index in [2.05, 4.69) is 4.84 Å². The van der Waals surface area contributed by atoms with Crippen LogP contribution in [0.4, 0.5) is 9.59 Å². The molecule has 0 aromatic heterocycles. The molecule has 6 heteroatoms. The molecule has 0 saturated carbocycles. The molecular weight excluding hydrogens is 212 g/mol. The first-order valence-corrected chi connectivity index (χ1v) is 4.51. The maximum absolute atomic E-state index is 11.0. The monoisotopic (exact) mass is 224 g/mol. The van der Waals surface area contributed by atoms with Crippen LogP contribution in [0.3, 0.4) is 0 Å². The lowest BCUT2D eigenvalue weighted by Crippen LogP contribution is -2.34. The Morgan fingerprint density at radius 2 is 1.94 bits per heavy atom. The fourth-order valence-electron chi connectivity index (χ4n) is 0.900. The topological polar surface area (TPSA) is 81.9 Å². The van der Waals surface area contributed by atoms with Crippen molar-refractivity contribution in [1.29, 1.82) is 0 Å². The second-order valence-corrected chi connectivity index (χ2v) is 2.95. The van der Waals surface area contributed by atoms with Crippen molar-refractivity contribution in [2.75, 3.05) is 7.05 Å². The van der Waals surface area contributed by atoms with Crippen molar-refractivity contribution in [3.8, 4) is 0 Å². The molecule has 6 nitrogen and oxygen atoms in total. The van der Waals surface area contributed by atoms with Gasteiger partial charge >= 0.3 is 12.2 Å². The summed E-state index contributed by atoms with van der Waals surface area (Å²) in [6.45, 7) is 0.0757. The highest BCUT2D eigenvalue weighted by Crippen LogP contribution is 2.01. The Morgan fingerprint density at radius 1 is 1.31 bits per heavy atom. The van der Waals surface area contributed by atoms with Gasteiger partial charge in [0.05, 0.1) is 7.05 Å². The average Bonchev–Trinajstić information content (AvgIpc) is 2.27. The Bertz CT molecular complexity index is 366. The lowest BCUT2D eigenvalue weighted by Gasteiger charge is -2.12. The van der Waals surface area contributed by atoms with Gasteiger partial charge in [-0.3, -0.25) is 0 Å². The van der Waals surface area contributed by atoms with E-state index in [1.54, 1.807) is 12.1 Å². The first-order chi connectivity index (χ1) is 7.59. The van der Waals surface area contributed by atoms with Crippen LogP contribution in [-0.4, -0.2) is 24.3 Å². The van der Waals surface area contributed by atoms with Gasteiger partial charge in [-0.25, -0.2) is 9.59 Å². The highest BCUT2D eigenvalue weighted by Gasteiger charge is 2.11. The molecule has 1 aromatic carbocycles. The third kappa shape index (κ3) is 3.87. The van der Waals surface area contributed by atoms with E-state index in [-0.39, 0.29) is 6.61 Å². The zero-order valence-electron chi connectivity index (χ0n) is 8.75. The van der Waals surface area contributed by atoms with Crippen LogP contribution in [0.15, 0.2) is 30.3 Å². The Hall–Kier alpha value is -2.24. The van der Waals surface area contributed by atoms with E-state index in [4.69, 9.17) is 10.5 Å². The molecule has 2 amide bonds. The highest BCUT2D eigenvalue weighted by molar-refractivity contribution is 5.72. The number of carbonyl (C=O) groups excluding carboxylic acids is 2. The van der Waals surface area contributed by atoms with Crippen LogP contribution in [0.5, 0.6) is 0 Å². The van der Waals surface area contributed by atoms with Crippen LogP contribution in [0, 0.1) is 0 Å². The number of nitrogens with zero attached hydrogens (tertiary/aromatic N) is 1. The van der Waals surface area contributed by atoms with Crippen molar-refractivity contribution in [3.05, 3.63) is 35.9 Å². The molecule has 86 valence electrons. The van der Waals surface area contributed by atoms with Gasteiger partial charge in [0.15, 0.2) is 0 Å². The smallest absolute Gasteiger partial charge is 0.428 e. The molecule has 16 heavy (non-hydrogen) atoms. The number of amides is 2. The summed E-state index contributed by atoms with van der Waals surface area (Å²) >= 11 is 0. The Labute approximate surface area is 92.5 Å². The number of rotatable bonds is 2. The van der Waals surface area contributed by atoms with Crippen LogP contribution in [0.1, 0.15) is 5.56 Å². The molecule has 0 atom stereocenters. The summed E-state index contributed by atoms with van der Waals surface area (Å²) < 4.78 is 4.74. The number of primary amides is 1. The van der Waals surface area contributed by atoms with E-state index in [0.717, 1.165) is 5.56 Å². The van der Waals surface area contributed by atoms with Gasteiger partial charge in [0.25, 0.3) is 0 Å². The molecule has 0 aliphatic heterocycles. The van der Waals surface area contributed by atoms with Gasteiger partial charge in [-0.15, -0.1) is 0 Å². The maximum Gasteiger partial charge on any atom is 0.533 e. The van der Waals surface area contributed by atoms with Gasteiger partial charge in [0.1, 0.15) is 6.61 Å². The number of benzene rings is 1. The highest BCUT2D eigenvalue weighted by atomic mass is 16.8. The van der Waals surface area contributed by atoms with E-state index in [0.29, 0.717) is 5.06 Å². The van der Waals surface area contributed by atoms with Crippen molar-refractivity contribution in [3.63, 3.8) is 0 Å². The summed E-state index contributed by atoms with van der Waals surface area (Å²) in [5.41, 5.74) is 5.67. The second-order valence-electron chi connectivity index (χ2n) is 2.95. The summed E-state index contributed by atoms with van der Waals surface area (Å²) in [7, 11) is 1.21. The number of hydrogen-bond acceptors (Lipinski definition) is 4. The van der Waals surface area contributed by atoms with Crippen LogP contribution >= 0.6 is 0 Å². The molecule has 0 heterocycles. The molecule has 0 bridgehead atoms. The average molecular weight is 224 g/mol. The van der Waals surface area contributed by atoms with Crippen molar-refractivity contribution in [2.45, 2.75) is 6.61 Å². The normalized spacial score (nSPS) is 9.31. The molecule has 1 rings (SSSR count). The van der Waals surface area contributed by atoms with Crippen LogP contribution in [-0.2, 0) is 16.2 Å². The molecule has 1 aromatic rings. The summed E-state index contributed by atoms with van der Waals surface area (Å²) in [5, 5.41) is 0.591. The Kier molecular flexibility index (Phi) is 4.14. The van der Waals surface area contributed by atoms with Crippen LogP contribution < -0.4 is 5.73 Å². The van der Waals surface area contributed by atoms with Gasteiger partial charge < -0.3 is 15.3 Å². The minimum absolute atomic E-state index is 0.0757.